The highest BCUT2D eigenvalue weighted by Crippen LogP contribution is 2.25. The number of fused-ring (bicyclic) bond motifs is 1. The first-order valence-electron chi connectivity index (χ1n) is 7.83. The van der Waals surface area contributed by atoms with Gasteiger partial charge >= 0.3 is 0 Å². The van der Waals surface area contributed by atoms with Crippen molar-refractivity contribution >= 4 is 5.91 Å². The minimum atomic E-state index is -0.145. The third-order valence-electron chi connectivity index (χ3n) is 4.07. The number of carbonyl (C=O) groups is 1. The lowest BCUT2D eigenvalue weighted by Gasteiger charge is -2.28. The fourth-order valence-electron chi connectivity index (χ4n) is 2.83. The SMILES string of the molecule is CCCNC(=O)C(C)NC1CCc2ccc(OC)cc2C1. The zero-order valence-electron chi connectivity index (χ0n) is 13.2. The molecular weight excluding hydrogens is 264 g/mol. The van der Waals surface area contributed by atoms with Crippen molar-refractivity contribution in [2.24, 2.45) is 0 Å². The van der Waals surface area contributed by atoms with Gasteiger partial charge < -0.3 is 15.4 Å². The fraction of sp³-hybridized carbons (Fsp3) is 0.588. The number of hydrogen-bond acceptors (Lipinski definition) is 3. The molecular formula is C17H26N2O2. The van der Waals surface area contributed by atoms with Crippen molar-refractivity contribution in [3.63, 3.8) is 0 Å². The van der Waals surface area contributed by atoms with Crippen molar-refractivity contribution in [1.29, 1.82) is 0 Å². The first-order valence-corrected chi connectivity index (χ1v) is 7.83. The number of ether oxygens (including phenoxy) is 1. The molecule has 0 aliphatic heterocycles. The molecule has 0 saturated carbocycles. The minimum Gasteiger partial charge on any atom is -0.497 e. The topological polar surface area (TPSA) is 50.4 Å². The van der Waals surface area contributed by atoms with Crippen molar-refractivity contribution in [3.05, 3.63) is 29.3 Å². The molecule has 4 heteroatoms. The van der Waals surface area contributed by atoms with Crippen LogP contribution in [-0.2, 0) is 17.6 Å². The average molecular weight is 290 g/mol. The summed E-state index contributed by atoms with van der Waals surface area (Å²) in [6.45, 7) is 4.74. The first kappa shape index (κ1) is 15.8. The molecule has 2 N–H and O–H groups in total. The van der Waals surface area contributed by atoms with Gasteiger partial charge in [0.25, 0.3) is 0 Å². The number of amides is 1. The van der Waals surface area contributed by atoms with Gasteiger partial charge in [0, 0.05) is 12.6 Å². The van der Waals surface area contributed by atoms with Gasteiger partial charge in [0.2, 0.25) is 5.91 Å². The summed E-state index contributed by atoms with van der Waals surface area (Å²) >= 11 is 0. The highest BCUT2D eigenvalue weighted by molar-refractivity contribution is 5.81. The summed E-state index contributed by atoms with van der Waals surface area (Å²) in [5.74, 6) is 0.997. The number of nitrogens with one attached hydrogen (secondary N) is 2. The Hall–Kier alpha value is -1.55. The maximum atomic E-state index is 11.9. The highest BCUT2D eigenvalue weighted by Gasteiger charge is 2.22. The molecule has 0 aromatic heterocycles. The molecule has 0 bridgehead atoms. The van der Waals surface area contributed by atoms with E-state index in [9.17, 15) is 4.79 Å². The molecule has 21 heavy (non-hydrogen) atoms. The molecule has 1 aromatic carbocycles. The smallest absolute Gasteiger partial charge is 0.236 e. The van der Waals surface area contributed by atoms with Crippen LogP contribution in [0.4, 0.5) is 0 Å². The van der Waals surface area contributed by atoms with Crippen LogP contribution in [0.15, 0.2) is 18.2 Å². The average Bonchev–Trinajstić information content (AvgIpc) is 2.51. The molecule has 2 rings (SSSR count). The number of hydrogen-bond donors (Lipinski definition) is 2. The van der Waals surface area contributed by atoms with Crippen LogP contribution in [0.5, 0.6) is 5.75 Å². The summed E-state index contributed by atoms with van der Waals surface area (Å²) in [4.78, 5) is 11.9. The Morgan fingerprint density at radius 1 is 1.43 bits per heavy atom. The van der Waals surface area contributed by atoms with Gasteiger partial charge in [0.05, 0.1) is 13.2 Å². The van der Waals surface area contributed by atoms with Gasteiger partial charge in [0.15, 0.2) is 0 Å². The Bertz CT molecular complexity index is 488. The molecule has 1 amide bonds. The predicted octanol–water partition coefficient (Wildman–Crippen LogP) is 2.06. The Balaban J connectivity index is 1.93. The van der Waals surface area contributed by atoms with Crippen LogP contribution in [0, 0.1) is 0 Å². The van der Waals surface area contributed by atoms with E-state index in [1.165, 1.54) is 11.1 Å². The molecule has 4 nitrogen and oxygen atoms in total. The van der Waals surface area contributed by atoms with Gasteiger partial charge in [0.1, 0.15) is 5.75 Å². The summed E-state index contributed by atoms with van der Waals surface area (Å²) < 4.78 is 5.29. The Morgan fingerprint density at radius 3 is 2.95 bits per heavy atom. The number of carbonyl (C=O) groups excluding carboxylic acids is 1. The molecule has 2 unspecified atom stereocenters. The van der Waals surface area contributed by atoms with Crippen LogP contribution in [-0.4, -0.2) is 31.6 Å². The van der Waals surface area contributed by atoms with Crippen LogP contribution in [0.3, 0.4) is 0 Å². The molecule has 0 spiro atoms. The lowest BCUT2D eigenvalue weighted by molar-refractivity contribution is -0.122. The molecule has 0 radical (unpaired) electrons. The Morgan fingerprint density at radius 2 is 2.24 bits per heavy atom. The standard InChI is InChI=1S/C17H26N2O2/c1-4-9-18-17(20)12(2)19-15-7-5-13-6-8-16(21-3)11-14(13)10-15/h6,8,11-12,15,19H,4-5,7,9-10H2,1-3H3,(H,18,20). The quantitative estimate of drug-likeness (QED) is 0.843. The van der Waals surface area contributed by atoms with Crippen LogP contribution in [0.1, 0.15) is 37.8 Å². The zero-order valence-corrected chi connectivity index (χ0v) is 13.2. The van der Waals surface area contributed by atoms with Gasteiger partial charge in [-0.25, -0.2) is 0 Å². The number of aryl methyl sites for hydroxylation is 1. The van der Waals surface area contributed by atoms with E-state index in [2.05, 4.69) is 29.7 Å². The molecule has 2 atom stereocenters. The van der Waals surface area contributed by atoms with E-state index in [-0.39, 0.29) is 11.9 Å². The summed E-state index contributed by atoms with van der Waals surface area (Å²) in [7, 11) is 1.69. The number of rotatable bonds is 6. The maximum absolute atomic E-state index is 11.9. The van der Waals surface area contributed by atoms with E-state index in [1.807, 2.05) is 13.0 Å². The normalized spacial score (nSPS) is 18.7. The van der Waals surface area contributed by atoms with Crippen LogP contribution < -0.4 is 15.4 Å². The van der Waals surface area contributed by atoms with Crippen LogP contribution in [0.25, 0.3) is 0 Å². The monoisotopic (exact) mass is 290 g/mol. The van der Waals surface area contributed by atoms with Crippen LogP contribution in [0.2, 0.25) is 0 Å². The number of methoxy groups -OCH3 is 1. The van der Waals surface area contributed by atoms with Gasteiger partial charge in [-0.2, -0.15) is 0 Å². The third kappa shape index (κ3) is 4.21. The largest absolute Gasteiger partial charge is 0.497 e. The van der Waals surface area contributed by atoms with Gasteiger partial charge in [-0.1, -0.05) is 13.0 Å². The fourth-order valence-corrected chi connectivity index (χ4v) is 2.83. The maximum Gasteiger partial charge on any atom is 0.236 e. The van der Waals surface area contributed by atoms with E-state index in [4.69, 9.17) is 4.74 Å². The van der Waals surface area contributed by atoms with Crippen molar-refractivity contribution in [1.82, 2.24) is 10.6 Å². The van der Waals surface area contributed by atoms with E-state index in [0.717, 1.165) is 38.0 Å². The van der Waals surface area contributed by atoms with Crippen molar-refractivity contribution in [2.45, 2.75) is 51.6 Å². The third-order valence-corrected chi connectivity index (χ3v) is 4.07. The van der Waals surface area contributed by atoms with Gasteiger partial charge in [-0.3, -0.25) is 4.79 Å². The Labute approximate surface area is 127 Å². The zero-order chi connectivity index (χ0) is 15.2. The predicted molar refractivity (Wildman–Crippen MR) is 84.7 cm³/mol. The van der Waals surface area contributed by atoms with Gasteiger partial charge in [-0.05, 0) is 55.9 Å². The summed E-state index contributed by atoms with van der Waals surface area (Å²) in [5.41, 5.74) is 2.73. The first-order chi connectivity index (χ1) is 10.1. The Kier molecular flexibility index (Phi) is 5.62. The molecule has 0 fully saturated rings. The molecule has 116 valence electrons. The van der Waals surface area contributed by atoms with Gasteiger partial charge in [-0.15, -0.1) is 0 Å². The second-order valence-corrected chi connectivity index (χ2v) is 5.75. The molecule has 1 aliphatic rings. The number of benzene rings is 1. The molecule has 0 heterocycles. The second-order valence-electron chi connectivity index (χ2n) is 5.75. The summed E-state index contributed by atoms with van der Waals surface area (Å²) in [6.07, 6.45) is 4.05. The van der Waals surface area contributed by atoms with Crippen molar-refractivity contribution in [3.8, 4) is 5.75 Å². The summed E-state index contributed by atoms with van der Waals surface area (Å²) in [6, 6.07) is 6.50. The second kappa shape index (κ2) is 7.46. The molecule has 1 aliphatic carbocycles. The van der Waals surface area contributed by atoms with Crippen molar-refractivity contribution < 1.29 is 9.53 Å². The molecule has 0 saturated heterocycles. The summed E-state index contributed by atoms with van der Waals surface area (Å²) in [5, 5.41) is 6.39. The van der Waals surface area contributed by atoms with Crippen LogP contribution >= 0.6 is 0 Å². The molecule has 1 aromatic rings. The van der Waals surface area contributed by atoms with Crippen molar-refractivity contribution in [2.75, 3.05) is 13.7 Å². The minimum absolute atomic E-state index is 0.0910. The van der Waals surface area contributed by atoms with E-state index < -0.39 is 0 Å². The van der Waals surface area contributed by atoms with E-state index in [1.54, 1.807) is 7.11 Å². The van der Waals surface area contributed by atoms with E-state index >= 15 is 0 Å². The van der Waals surface area contributed by atoms with E-state index in [0.29, 0.717) is 6.04 Å². The highest BCUT2D eigenvalue weighted by atomic mass is 16.5. The lowest BCUT2D eigenvalue weighted by atomic mass is 9.88. The lowest BCUT2D eigenvalue weighted by Crippen LogP contribution is -2.48.